The Bertz CT molecular complexity index is 468. The van der Waals surface area contributed by atoms with Crippen LogP contribution in [0.5, 0.6) is 0 Å². The third kappa shape index (κ3) is 4.66. The Balaban J connectivity index is 2.80. The summed E-state index contributed by atoms with van der Waals surface area (Å²) >= 11 is 0. The molecule has 0 aliphatic rings. The highest BCUT2D eigenvalue weighted by molar-refractivity contribution is 5.97. The number of benzene rings is 1. The number of carbonyl (C=O) groups is 2. The molecule has 0 unspecified atom stereocenters. The van der Waals surface area contributed by atoms with Gasteiger partial charge in [-0.05, 0) is 46.1 Å². The molecule has 1 aromatic rings. The zero-order valence-electron chi connectivity index (χ0n) is 12.6. The largest absolute Gasteiger partial charge is 0.339 e. The minimum absolute atomic E-state index is 0.0151. The van der Waals surface area contributed by atoms with Gasteiger partial charge in [0.2, 0.25) is 5.91 Å². The van der Waals surface area contributed by atoms with Crippen molar-refractivity contribution in [2.75, 3.05) is 39.0 Å². The van der Waals surface area contributed by atoms with E-state index in [0.29, 0.717) is 30.9 Å². The first-order valence-corrected chi connectivity index (χ1v) is 6.81. The first kappa shape index (κ1) is 16.2. The van der Waals surface area contributed by atoms with Crippen molar-refractivity contribution in [3.8, 4) is 0 Å². The molecular weight excluding hydrogens is 254 g/mol. The van der Waals surface area contributed by atoms with Crippen molar-refractivity contribution >= 4 is 17.5 Å². The number of carbonyl (C=O) groups excluding carboxylic acids is 2. The average Bonchev–Trinajstić information content (AvgIpc) is 2.39. The van der Waals surface area contributed by atoms with Crippen LogP contribution in [0.15, 0.2) is 24.3 Å². The number of nitrogens with zero attached hydrogens (tertiary/aromatic N) is 2. The predicted octanol–water partition coefficient (Wildman–Crippen LogP) is 1.67. The predicted molar refractivity (Wildman–Crippen MR) is 80.9 cm³/mol. The topological polar surface area (TPSA) is 52.7 Å². The van der Waals surface area contributed by atoms with Crippen molar-refractivity contribution in [2.45, 2.75) is 13.8 Å². The smallest absolute Gasteiger partial charge is 0.253 e. The number of amides is 2. The molecule has 5 nitrogen and oxygen atoms in total. The summed E-state index contributed by atoms with van der Waals surface area (Å²) in [5.74, 6) is -0.110. The third-order valence-electron chi connectivity index (χ3n) is 2.90. The van der Waals surface area contributed by atoms with E-state index < -0.39 is 0 Å². The Hall–Kier alpha value is -1.88. The maximum Gasteiger partial charge on any atom is 0.253 e. The summed E-state index contributed by atoms with van der Waals surface area (Å²) in [7, 11) is 3.67. The average molecular weight is 277 g/mol. The van der Waals surface area contributed by atoms with Gasteiger partial charge in [0.25, 0.3) is 5.91 Å². The zero-order chi connectivity index (χ0) is 15.1. The van der Waals surface area contributed by atoms with E-state index in [4.69, 9.17) is 0 Å². The van der Waals surface area contributed by atoms with Crippen LogP contribution in [0.1, 0.15) is 24.2 Å². The number of likely N-dealkylation sites (N-methyl/N-ethyl adjacent to an activating group) is 1. The number of hydrogen-bond donors (Lipinski definition) is 1. The Morgan fingerprint density at radius 1 is 1.15 bits per heavy atom. The van der Waals surface area contributed by atoms with Gasteiger partial charge in [-0.3, -0.25) is 9.59 Å². The Morgan fingerprint density at radius 3 is 2.35 bits per heavy atom. The lowest BCUT2D eigenvalue weighted by Gasteiger charge is -2.19. The van der Waals surface area contributed by atoms with E-state index in [1.165, 1.54) is 0 Å². The highest BCUT2D eigenvalue weighted by Crippen LogP contribution is 2.13. The summed E-state index contributed by atoms with van der Waals surface area (Å²) in [6, 6.07) is 7.05. The molecule has 0 bridgehead atoms. The lowest BCUT2D eigenvalue weighted by atomic mass is 10.1. The van der Waals surface area contributed by atoms with Crippen molar-refractivity contribution in [2.24, 2.45) is 0 Å². The van der Waals surface area contributed by atoms with E-state index in [2.05, 4.69) is 5.32 Å². The quantitative estimate of drug-likeness (QED) is 0.860. The van der Waals surface area contributed by atoms with Gasteiger partial charge < -0.3 is 15.1 Å². The summed E-state index contributed by atoms with van der Waals surface area (Å²) in [6.07, 6.45) is 0. The molecule has 2 amide bonds. The molecule has 0 saturated heterocycles. The SMILES string of the molecule is CCN(CC)C(=O)c1cccc(NC(=O)CN(C)C)c1. The molecule has 0 aliphatic heterocycles. The van der Waals surface area contributed by atoms with Crippen molar-refractivity contribution < 1.29 is 9.59 Å². The van der Waals surface area contributed by atoms with E-state index in [-0.39, 0.29) is 11.8 Å². The molecule has 0 aromatic heterocycles. The van der Waals surface area contributed by atoms with Crippen molar-refractivity contribution in [1.82, 2.24) is 9.80 Å². The summed E-state index contributed by atoms with van der Waals surface area (Å²) in [4.78, 5) is 27.5. The van der Waals surface area contributed by atoms with E-state index in [0.717, 1.165) is 0 Å². The molecule has 0 radical (unpaired) electrons. The van der Waals surface area contributed by atoms with Crippen molar-refractivity contribution in [3.63, 3.8) is 0 Å². The number of rotatable bonds is 6. The molecule has 1 aromatic carbocycles. The Labute approximate surface area is 120 Å². The van der Waals surface area contributed by atoms with Gasteiger partial charge in [0.05, 0.1) is 6.54 Å². The molecule has 0 heterocycles. The van der Waals surface area contributed by atoms with Crippen LogP contribution < -0.4 is 5.32 Å². The van der Waals surface area contributed by atoms with E-state index in [9.17, 15) is 9.59 Å². The van der Waals surface area contributed by atoms with Crippen molar-refractivity contribution in [1.29, 1.82) is 0 Å². The molecular formula is C15H23N3O2. The van der Waals surface area contributed by atoms with E-state index >= 15 is 0 Å². The molecule has 1 rings (SSSR count). The second kappa shape index (κ2) is 7.65. The van der Waals surface area contributed by atoms with Crippen LogP contribution in [-0.2, 0) is 4.79 Å². The minimum Gasteiger partial charge on any atom is -0.339 e. The molecule has 0 atom stereocenters. The first-order chi connectivity index (χ1) is 9.47. The number of anilines is 1. The van der Waals surface area contributed by atoms with Gasteiger partial charge >= 0.3 is 0 Å². The van der Waals surface area contributed by atoms with Crippen LogP contribution in [-0.4, -0.2) is 55.3 Å². The molecule has 0 aliphatic carbocycles. The van der Waals surface area contributed by atoms with Gasteiger partial charge in [0, 0.05) is 24.3 Å². The maximum absolute atomic E-state index is 12.2. The molecule has 0 fully saturated rings. The van der Waals surface area contributed by atoms with Crippen LogP contribution in [0.2, 0.25) is 0 Å². The van der Waals surface area contributed by atoms with Gasteiger partial charge in [-0.1, -0.05) is 6.07 Å². The lowest BCUT2D eigenvalue weighted by Crippen LogP contribution is -2.30. The zero-order valence-corrected chi connectivity index (χ0v) is 12.6. The van der Waals surface area contributed by atoms with Crippen LogP contribution in [0.3, 0.4) is 0 Å². The van der Waals surface area contributed by atoms with Gasteiger partial charge in [0.15, 0.2) is 0 Å². The van der Waals surface area contributed by atoms with E-state index in [1.807, 2.05) is 27.9 Å². The van der Waals surface area contributed by atoms with Crippen LogP contribution in [0.4, 0.5) is 5.69 Å². The highest BCUT2D eigenvalue weighted by Gasteiger charge is 2.13. The molecule has 5 heteroatoms. The van der Waals surface area contributed by atoms with Gasteiger partial charge in [-0.15, -0.1) is 0 Å². The van der Waals surface area contributed by atoms with Gasteiger partial charge in [-0.25, -0.2) is 0 Å². The summed E-state index contributed by atoms with van der Waals surface area (Å²) < 4.78 is 0. The molecule has 20 heavy (non-hydrogen) atoms. The lowest BCUT2D eigenvalue weighted by molar-refractivity contribution is -0.116. The fourth-order valence-corrected chi connectivity index (χ4v) is 1.91. The second-order valence-corrected chi connectivity index (χ2v) is 4.84. The van der Waals surface area contributed by atoms with Gasteiger partial charge in [0.1, 0.15) is 0 Å². The highest BCUT2D eigenvalue weighted by atomic mass is 16.2. The Morgan fingerprint density at radius 2 is 1.80 bits per heavy atom. The molecule has 0 spiro atoms. The monoisotopic (exact) mass is 277 g/mol. The Kier molecular flexibility index (Phi) is 6.18. The molecule has 0 saturated carbocycles. The third-order valence-corrected chi connectivity index (χ3v) is 2.90. The molecule has 110 valence electrons. The number of hydrogen-bond acceptors (Lipinski definition) is 3. The summed E-state index contributed by atoms with van der Waals surface area (Å²) in [5, 5.41) is 2.79. The van der Waals surface area contributed by atoms with E-state index in [1.54, 1.807) is 34.1 Å². The van der Waals surface area contributed by atoms with Gasteiger partial charge in [-0.2, -0.15) is 0 Å². The van der Waals surface area contributed by atoms with Crippen LogP contribution in [0.25, 0.3) is 0 Å². The van der Waals surface area contributed by atoms with Crippen LogP contribution in [0, 0.1) is 0 Å². The first-order valence-electron chi connectivity index (χ1n) is 6.81. The summed E-state index contributed by atoms with van der Waals surface area (Å²) in [6.45, 7) is 5.56. The molecule has 1 N–H and O–H groups in total. The fourth-order valence-electron chi connectivity index (χ4n) is 1.91. The number of nitrogens with one attached hydrogen (secondary N) is 1. The minimum atomic E-state index is -0.0950. The maximum atomic E-state index is 12.2. The summed E-state index contributed by atoms with van der Waals surface area (Å²) in [5.41, 5.74) is 1.24. The van der Waals surface area contributed by atoms with Crippen LogP contribution >= 0.6 is 0 Å². The standard InChI is InChI=1S/C15H23N3O2/c1-5-18(6-2)15(20)12-8-7-9-13(10-12)16-14(19)11-17(3)4/h7-10H,5-6,11H2,1-4H3,(H,16,19). The fraction of sp³-hybridized carbons (Fsp3) is 0.467. The van der Waals surface area contributed by atoms with Crippen molar-refractivity contribution in [3.05, 3.63) is 29.8 Å². The second-order valence-electron chi connectivity index (χ2n) is 4.84. The normalized spacial score (nSPS) is 10.4.